The Balaban J connectivity index is 2.62. The molecule has 0 radical (unpaired) electrons. The molecule has 0 amide bonds. The predicted molar refractivity (Wildman–Crippen MR) is 75.6 cm³/mol. The van der Waals surface area contributed by atoms with Gasteiger partial charge in [0.2, 0.25) is 0 Å². The minimum Gasteiger partial charge on any atom is -0.383 e. The number of imidazole rings is 1. The zero-order valence-electron chi connectivity index (χ0n) is 10.7. The van der Waals surface area contributed by atoms with Crippen molar-refractivity contribution in [1.29, 1.82) is 0 Å². The summed E-state index contributed by atoms with van der Waals surface area (Å²) in [6, 6.07) is 5.87. The number of rotatable bonds is 4. The van der Waals surface area contributed by atoms with Gasteiger partial charge in [-0.3, -0.25) is 0 Å². The number of fused-ring (bicyclic) bond motifs is 1. The Hall–Kier alpha value is -0.770. The number of ether oxygens (including phenoxy) is 1. The number of hydrogen-bond acceptors (Lipinski definition) is 2. The molecule has 1 aromatic carbocycles. The second-order valence-corrected chi connectivity index (χ2v) is 5.48. The van der Waals surface area contributed by atoms with Gasteiger partial charge in [0.25, 0.3) is 0 Å². The molecule has 0 N–H and O–H groups in total. The Morgan fingerprint density at radius 2 is 2.11 bits per heavy atom. The number of halogens is 2. The topological polar surface area (TPSA) is 27.1 Å². The molecule has 1 heterocycles. The Labute approximate surface area is 117 Å². The third-order valence-corrected chi connectivity index (χ3v) is 3.31. The fourth-order valence-electron chi connectivity index (χ4n) is 2.15. The van der Waals surface area contributed by atoms with Gasteiger partial charge in [0, 0.05) is 12.1 Å². The van der Waals surface area contributed by atoms with E-state index in [2.05, 4.69) is 16.5 Å². The summed E-state index contributed by atoms with van der Waals surface area (Å²) in [7, 11) is 1.69. The highest BCUT2D eigenvalue weighted by Crippen LogP contribution is 2.29. The molecular weight excluding hydrogens is 271 g/mol. The summed E-state index contributed by atoms with van der Waals surface area (Å²) in [6.45, 7) is 4.62. The van der Waals surface area contributed by atoms with E-state index < -0.39 is 0 Å². The molecule has 0 bridgehead atoms. The van der Waals surface area contributed by atoms with Crippen molar-refractivity contribution in [2.24, 2.45) is 0 Å². The molecule has 2 aromatic rings. The van der Waals surface area contributed by atoms with Crippen molar-refractivity contribution in [2.45, 2.75) is 25.3 Å². The van der Waals surface area contributed by atoms with Crippen LogP contribution in [-0.4, -0.2) is 23.3 Å². The van der Waals surface area contributed by atoms with Crippen molar-refractivity contribution in [3.8, 4) is 0 Å². The number of aromatic nitrogens is 2. The highest BCUT2D eigenvalue weighted by atomic mass is 35.5. The van der Waals surface area contributed by atoms with Crippen LogP contribution in [0.5, 0.6) is 0 Å². The normalized spacial score (nSPS) is 14.9. The van der Waals surface area contributed by atoms with Gasteiger partial charge in [-0.05, 0) is 32.0 Å². The lowest BCUT2D eigenvalue weighted by Crippen LogP contribution is -2.14. The van der Waals surface area contributed by atoms with Gasteiger partial charge in [-0.1, -0.05) is 11.6 Å². The zero-order valence-corrected chi connectivity index (χ0v) is 12.2. The molecule has 2 rings (SSSR count). The van der Waals surface area contributed by atoms with E-state index in [1.165, 1.54) is 0 Å². The summed E-state index contributed by atoms with van der Waals surface area (Å²) < 4.78 is 7.33. The van der Waals surface area contributed by atoms with Crippen LogP contribution in [0.25, 0.3) is 11.0 Å². The quantitative estimate of drug-likeness (QED) is 0.788. The summed E-state index contributed by atoms with van der Waals surface area (Å²) in [4.78, 5) is 4.57. The number of hydrogen-bond donors (Lipinski definition) is 0. The van der Waals surface area contributed by atoms with Gasteiger partial charge in [-0.2, -0.15) is 0 Å². The van der Waals surface area contributed by atoms with Gasteiger partial charge >= 0.3 is 0 Å². The smallest absolute Gasteiger partial charge is 0.128 e. The molecule has 5 heteroatoms. The van der Waals surface area contributed by atoms with E-state index in [0.717, 1.165) is 16.9 Å². The van der Waals surface area contributed by atoms with Crippen LogP contribution < -0.4 is 0 Å². The molecule has 0 aliphatic heterocycles. The SMILES string of the molecule is COCC(C)n1c(C(C)Cl)nc2cc(Cl)ccc21. The molecular formula is C13H16Cl2N2O. The highest BCUT2D eigenvalue weighted by Gasteiger charge is 2.19. The number of methoxy groups -OCH3 is 1. The van der Waals surface area contributed by atoms with Crippen molar-refractivity contribution in [3.63, 3.8) is 0 Å². The van der Waals surface area contributed by atoms with E-state index in [4.69, 9.17) is 27.9 Å². The lowest BCUT2D eigenvalue weighted by molar-refractivity contribution is 0.162. The zero-order chi connectivity index (χ0) is 13.3. The lowest BCUT2D eigenvalue weighted by Gasteiger charge is -2.17. The highest BCUT2D eigenvalue weighted by molar-refractivity contribution is 6.31. The van der Waals surface area contributed by atoms with Crippen LogP contribution in [0.2, 0.25) is 5.02 Å². The van der Waals surface area contributed by atoms with Crippen LogP contribution >= 0.6 is 23.2 Å². The summed E-state index contributed by atoms with van der Waals surface area (Å²) in [5.74, 6) is 0.846. The Morgan fingerprint density at radius 1 is 1.39 bits per heavy atom. The molecule has 0 saturated carbocycles. The maximum absolute atomic E-state index is 6.21. The van der Waals surface area contributed by atoms with Gasteiger partial charge in [-0.25, -0.2) is 4.98 Å². The van der Waals surface area contributed by atoms with E-state index in [0.29, 0.717) is 11.6 Å². The van der Waals surface area contributed by atoms with Crippen molar-refractivity contribution >= 4 is 34.2 Å². The largest absolute Gasteiger partial charge is 0.383 e. The predicted octanol–water partition coefficient (Wildman–Crippen LogP) is 4.20. The van der Waals surface area contributed by atoms with Gasteiger partial charge in [-0.15, -0.1) is 11.6 Å². The van der Waals surface area contributed by atoms with Crippen molar-refractivity contribution in [1.82, 2.24) is 9.55 Å². The van der Waals surface area contributed by atoms with Crippen molar-refractivity contribution in [3.05, 3.63) is 29.0 Å². The monoisotopic (exact) mass is 286 g/mol. The molecule has 0 spiro atoms. The van der Waals surface area contributed by atoms with Crippen LogP contribution in [0.3, 0.4) is 0 Å². The van der Waals surface area contributed by atoms with Gasteiger partial charge in [0.05, 0.1) is 29.1 Å². The van der Waals surface area contributed by atoms with Crippen LogP contribution in [0.4, 0.5) is 0 Å². The molecule has 0 aliphatic rings. The molecule has 0 aliphatic carbocycles. The fraction of sp³-hybridized carbons (Fsp3) is 0.462. The second-order valence-electron chi connectivity index (χ2n) is 4.39. The first-order chi connectivity index (χ1) is 8.54. The second kappa shape index (κ2) is 5.47. The van der Waals surface area contributed by atoms with E-state index in [-0.39, 0.29) is 11.4 Å². The molecule has 3 nitrogen and oxygen atoms in total. The van der Waals surface area contributed by atoms with E-state index >= 15 is 0 Å². The first-order valence-electron chi connectivity index (χ1n) is 5.85. The first-order valence-corrected chi connectivity index (χ1v) is 6.66. The van der Waals surface area contributed by atoms with E-state index in [1.807, 2.05) is 25.1 Å². The standard InChI is InChI=1S/C13H16Cl2N2O/c1-8(7-18-3)17-12-5-4-10(15)6-11(12)16-13(17)9(2)14/h4-6,8-9H,7H2,1-3H3. The first kappa shape index (κ1) is 13.7. The third kappa shape index (κ3) is 2.48. The summed E-state index contributed by atoms with van der Waals surface area (Å²) in [6.07, 6.45) is 0. The van der Waals surface area contributed by atoms with Crippen LogP contribution in [0.15, 0.2) is 18.2 Å². The Kier molecular flexibility index (Phi) is 4.15. The molecule has 2 atom stereocenters. The minimum atomic E-state index is -0.157. The molecule has 18 heavy (non-hydrogen) atoms. The molecule has 0 saturated heterocycles. The third-order valence-electron chi connectivity index (χ3n) is 2.88. The minimum absolute atomic E-state index is 0.157. The summed E-state index contributed by atoms with van der Waals surface area (Å²) in [5.41, 5.74) is 1.90. The van der Waals surface area contributed by atoms with Gasteiger partial charge in [0.15, 0.2) is 0 Å². The average molecular weight is 287 g/mol. The van der Waals surface area contributed by atoms with Gasteiger partial charge < -0.3 is 9.30 Å². The number of nitrogens with zero attached hydrogens (tertiary/aromatic N) is 2. The lowest BCUT2D eigenvalue weighted by atomic mass is 10.2. The average Bonchev–Trinajstić information content (AvgIpc) is 2.67. The van der Waals surface area contributed by atoms with Crippen molar-refractivity contribution in [2.75, 3.05) is 13.7 Å². The number of benzene rings is 1. The van der Waals surface area contributed by atoms with Crippen LogP contribution in [0.1, 0.15) is 31.1 Å². The summed E-state index contributed by atoms with van der Waals surface area (Å²) >= 11 is 12.2. The molecule has 98 valence electrons. The van der Waals surface area contributed by atoms with Gasteiger partial charge in [0.1, 0.15) is 5.82 Å². The molecule has 0 fully saturated rings. The Bertz CT molecular complexity index is 551. The number of alkyl halides is 1. The van der Waals surface area contributed by atoms with Crippen molar-refractivity contribution < 1.29 is 4.74 Å². The molecule has 2 unspecified atom stereocenters. The fourth-order valence-corrected chi connectivity index (χ4v) is 2.47. The van der Waals surface area contributed by atoms with Crippen LogP contribution in [-0.2, 0) is 4.74 Å². The maximum Gasteiger partial charge on any atom is 0.128 e. The Morgan fingerprint density at radius 3 is 2.72 bits per heavy atom. The summed E-state index contributed by atoms with van der Waals surface area (Å²) in [5, 5.41) is 0.524. The van der Waals surface area contributed by atoms with E-state index in [1.54, 1.807) is 7.11 Å². The van der Waals surface area contributed by atoms with Crippen LogP contribution in [0, 0.1) is 0 Å². The maximum atomic E-state index is 6.21. The molecule has 1 aromatic heterocycles. The van der Waals surface area contributed by atoms with E-state index in [9.17, 15) is 0 Å².